The summed E-state index contributed by atoms with van der Waals surface area (Å²) >= 11 is 1.59. The highest BCUT2D eigenvalue weighted by atomic mass is 32.1. The number of anilines is 3. The van der Waals surface area contributed by atoms with Crippen LogP contribution in [0.3, 0.4) is 0 Å². The van der Waals surface area contributed by atoms with Gasteiger partial charge in [0.2, 0.25) is 0 Å². The zero-order valence-electron chi connectivity index (χ0n) is 17.9. The first-order valence-electron chi connectivity index (χ1n) is 10.9. The van der Waals surface area contributed by atoms with E-state index in [0.717, 1.165) is 41.3 Å². The fraction of sp³-hybridized carbons (Fsp3) is 0.148. The molecule has 1 aromatic heterocycles. The molecule has 1 unspecified atom stereocenters. The molecule has 4 aromatic rings. The molecule has 4 rings (SSSR count). The Kier molecular flexibility index (Phi) is 7.55. The average Bonchev–Trinajstić information content (AvgIpc) is 3.38. The van der Waals surface area contributed by atoms with Gasteiger partial charge in [0.25, 0.3) is 0 Å². The highest BCUT2D eigenvalue weighted by molar-refractivity contribution is 7.12. The molecule has 0 aliphatic heterocycles. The fourth-order valence-electron chi connectivity index (χ4n) is 3.57. The molecule has 3 aromatic carbocycles. The minimum atomic E-state index is 0.116. The van der Waals surface area contributed by atoms with Crippen molar-refractivity contribution in [3.63, 3.8) is 0 Å². The maximum atomic E-state index is 8.42. The predicted octanol–water partition coefficient (Wildman–Crippen LogP) is 7.04. The lowest BCUT2D eigenvalue weighted by molar-refractivity contribution is 0.572. The van der Waals surface area contributed by atoms with Crippen molar-refractivity contribution in [2.24, 2.45) is 0 Å². The maximum absolute atomic E-state index is 8.42. The van der Waals surface area contributed by atoms with Gasteiger partial charge in [-0.3, -0.25) is 5.41 Å². The van der Waals surface area contributed by atoms with E-state index in [-0.39, 0.29) is 6.04 Å². The molecular weight excluding hydrogens is 412 g/mol. The molecule has 0 amide bonds. The third-order valence-corrected chi connectivity index (χ3v) is 6.12. The molecular formula is C27H28N4S. The molecule has 0 bridgehead atoms. The Hall–Kier alpha value is -3.57. The summed E-state index contributed by atoms with van der Waals surface area (Å²) in [5.74, 6) is 0.489. The number of benzene rings is 3. The van der Waals surface area contributed by atoms with Crippen LogP contribution in [0.25, 0.3) is 0 Å². The van der Waals surface area contributed by atoms with Crippen LogP contribution in [0.2, 0.25) is 0 Å². The Balaban J connectivity index is 1.28. The minimum absolute atomic E-state index is 0.116. The zero-order valence-corrected chi connectivity index (χ0v) is 18.7. The molecule has 0 radical (unpaired) electrons. The van der Waals surface area contributed by atoms with Crippen molar-refractivity contribution >= 4 is 34.2 Å². The fourth-order valence-corrected chi connectivity index (χ4v) is 4.21. The van der Waals surface area contributed by atoms with Crippen molar-refractivity contribution in [2.45, 2.75) is 18.9 Å². The summed E-state index contributed by atoms with van der Waals surface area (Å²) in [4.78, 5) is 0.966. The summed E-state index contributed by atoms with van der Waals surface area (Å²) < 4.78 is 0. The van der Waals surface area contributed by atoms with E-state index in [4.69, 9.17) is 5.41 Å². The smallest absolute Gasteiger partial charge is 0.136 e. The van der Waals surface area contributed by atoms with Gasteiger partial charge in [-0.05, 0) is 66.2 Å². The van der Waals surface area contributed by atoms with Gasteiger partial charge < -0.3 is 16.0 Å². The molecule has 0 saturated heterocycles. The minimum Gasteiger partial charge on any atom is -0.385 e. The molecule has 0 saturated carbocycles. The third kappa shape index (κ3) is 6.22. The van der Waals surface area contributed by atoms with Gasteiger partial charge in [-0.1, -0.05) is 54.6 Å². The number of hydrogen-bond donors (Lipinski definition) is 4. The average molecular weight is 441 g/mol. The second kappa shape index (κ2) is 11.2. The van der Waals surface area contributed by atoms with Crippen LogP contribution in [0, 0.1) is 5.41 Å². The van der Waals surface area contributed by atoms with Gasteiger partial charge in [0.05, 0.1) is 10.9 Å². The molecule has 0 aliphatic rings. The van der Waals surface area contributed by atoms with Crippen molar-refractivity contribution in [2.75, 3.05) is 17.2 Å². The van der Waals surface area contributed by atoms with Crippen molar-refractivity contribution in [1.29, 1.82) is 5.41 Å². The lowest BCUT2D eigenvalue weighted by atomic mass is 10.0. The molecule has 0 spiro atoms. The Morgan fingerprint density at radius 3 is 2.09 bits per heavy atom. The summed E-state index contributed by atoms with van der Waals surface area (Å²) in [5.41, 5.74) is 4.48. The van der Waals surface area contributed by atoms with E-state index in [2.05, 4.69) is 76.6 Å². The standard InChI is InChI=1S/C27H28N4S/c28-27(26-14-8-20-32-26)31-25(21-9-3-1-4-10-21)13-7-19-29-22-15-17-24(18-16-22)30-23-11-5-2-6-12-23/h1-6,8-12,14-18,20,25,29-30H,7,13,19H2,(H2,28,31). The molecule has 1 atom stereocenters. The number of nitrogens with one attached hydrogen (secondary N) is 4. The largest absolute Gasteiger partial charge is 0.385 e. The topological polar surface area (TPSA) is 59.9 Å². The van der Waals surface area contributed by atoms with E-state index in [0.29, 0.717) is 5.84 Å². The molecule has 0 fully saturated rings. The van der Waals surface area contributed by atoms with Crippen molar-refractivity contribution in [3.8, 4) is 0 Å². The highest BCUT2D eigenvalue weighted by Gasteiger charge is 2.14. The molecule has 0 aliphatic carbocycles. The monoisotopic (exact) mass is 440 g/mol. The van der Waals surface area contributed by atoms with E-state index in [9.17, 15) is 0 Å². The number of thiophene rings is 1. The number of para-hydroxylation sites is 1. The Labute approximate surface area is 193 Å². The molecule has 4 N–H and O–H groups in total. The van der Waals surface area contributed by atoms with E-state index >= 15 is 0 Å². The van der Waals surface area contributed by atoms with Gasteiger partial charge in [0.1, 0.15) is 5.84 Å². The van der Waals surface area contributed by atoms with Gasteiger partial charge >= 0.3 is 0 Å². The maximum Gasteiger partial charge on any atom is 0.136 e. The van der Waals surface area contributed by atoms with Crippen LogP contribution in [-0.4, -0.2) is 12.4 Å². The van der Waals surface area contributed by atoms with Crippen LogP contribution in [-0.2, 0) is 0 Å². The summed E-state index contributed by atoms with van der Waals surface area (Å²) in [7, 11) is 0. The van der Waals surface area contributed by atoms with Gasteiger partial charge in [-0.2, -0.15) is 0 Å². The van der Waals surface area contributed by atoms with Gasteiger partial charge in [0.15, 0.2) is 0 Å². The van der Waals surface area contributed by atoms with Gasteiger partial charge in [-0.25, -0.2) is 0 Å². The van der Waals surface area contributed by atoms with Gasteiger partial charge in [0, 0.05) is 23.6 Å². The molecule has 4 nitrogen and oxygen atoms in total. The van der Waals surface area contributed by atoms with E-state index < -0.39 is 0 Å². The third-order valence-electron chi connectivity index (χ3n) is 5.23. The van der Waals surface area contributed by atoms with Crippen molar-refractivity contribution < 1.29 is 0 Å². The summed E-state index contributed by atoms with van der Waals surface area (Å²) in [6, 6.07) is 33.1. The Bertz CT molecular complexity index is 1080. The summed E-state index contributed by atoms with van der Waals surface area (Å²) in [5, 5.41) is 20.8. The number of hydrogen-bond acceptors (Lipinski definition) is 4. The second-order valence-corrected chi connectivity index (χ2v) is 8.54. The van der Waals surface area contributed by atoms with Crippen LogP contribution in [0.1, 0.15) is 29.3 Å². The highest BCUT2D eigenvalue weighted by Crippen LogP contribution is 2.21. The first-order chi connectivity index (χ1) is 15.8. The molecule has 32 heavy (non-hydrogen) atoms. The summed E-state index contributed by atoms with van der Waals surface area (Å²) in [6.45, 7) is 0.878. The van der Waals surface area contributed by atoms with Crippen LogP contribution >= 0.6 is 11.3 Å². The zero-order chi connectivity index (χ0) is 22.0. The number of amidine groups is 1. The van der Waals surface area contributed by atoms with E-state index in [1.165, 1.54) is 5.56 Å². The number of rotatable bonds is 10. The first-order valence-corrected chi connectivity index (χ1v) is 11.8. The van der Waals surface area contributed by atoms with E-state index in [1.807, 2.05) is 41.8 Å². The predicted molar refractivity (Wildman–Crippen MR) is 137 cm³/mol. The molecule has 5 heteroatoms. The second-order valence-electron chi connectivity index (χ2n) is 7.60. The SMILES string of the molecule is N=C(NC(CCCNc1ccc(Nc2ccccc2)cc1)c1ccccc1)c1cccs1. The summed E-state index contributed by atoms with van der Waals surface area (Å²) in [6.07, 6.45) is 1.94. The quantitative estimate of drug-likeness (QED) is 0.121. The first kappa shape index (κ1) is 21.7. The lowest BCUT2D eigenvalue weighted by Gasteiger charge is -2.21. The Morgan fingerprint density at radius 2 is 1.41 bits per heavy atom. The van der Waals surface area contributed by atoms with Crippen LogP contribution < -0.4 is 16.0 Å². The lowest BCUT2D eigenvalue weighted by Crippen LogP contribution is -2.28. The van der Waals surface area contributed by atoms with E-state index in [1.54, 1.807) is 11.3 Å². The van der Waals surface area contributed by atoms with Gasteiger partial charge in [-0.15, -0.1) is 11.3 Å². The molecule has 162 valence electrons. The van der Waals surface area contributed by atoms with Crippen LogP contribution in [0.5, 0.6) is 0 Å². The molecule has 1 heterocycles. The van der Waals surface area contributed by atoms with Crippen LogP contribution in [0.15, 0.2) is 102 Å². The normalized spacial score (nSPS) is 11.5. The van der Waals surface area contributed by atoms with Crippen LogP contribution in [0.4, 0.5) is 17.1 Å². The Morgan fingerprint density at radius 1 is 0.750 bits per heavy atom. The van der Waals surface area contributed by atoms with Crippen molar-refractivity contribution in [1.82, 2.24) is 5.32 Å². The van der Waals surface area contributed by atoms with Crippen molar-refractivity contribution in [3.05, 3.63) is 113 Å².